The molecule has 1 aromatic heterocycles. The number of unbranched alkanes of at least 4 members (excludes halogenated alkanes) is 1. The number of methoxy groups -OCH3 is 1. The minimum Gasteiger partial charge on any atom is -0.508 e. The van der Waals surface area contributed by atoms with Gasteiger partial charge in [-0.3, -0.25) is 4.98 Å². The molecule has 7 nitrogen and oxygen atoms in total. The van der Waals surface area contributed by atoms with Crippen molar-refractivity contribution in [1.29, 1.82) is 0 Å². The third-order valence-electron chi connectivity index (χ3n) is 4.28. The van der Waals surface area contributed by atoms with Gasteiger partial charge >= 0.3 is 6.03 Å². The molecule has 0 saturated carbocycles. The zero-order valence-electron chi connectivity index (χ0n) is 16.4. The highest BCUT2D eigenvalue weighted by molar-refractivity contribution is 5.91. The second kappa shape index (κ2) is 9.42. The molecule has 0 atom stereocenters. The van der Waals surface area contributed by atoms with E-state index in [0.717, 1.165) is 18.2 Å². The maximum absolute atomic E-state index is 11.8. The van der Waals surface area contributed by atoms with Crippen molar-refractivity contribution in [3.05, 3.63) is 60.1 Å². The first-order valence-electron chi connectivity index (χ1n) is 9.31. The number of benzene rings is 2. The van der Waals surface area contributed by atoms with Gasteiger partial charge in [-0.2, -0.15) is 0 Å². The number of rotatable bonds is 7. The van der Waals surface area contributed by atoms with Gasteiger partial charge in [0.25, 0.3) is 0 Å². The summed E-state index contributed by atoms with van der Waals surface area (Å²) in [7, 11) is 1.52. The van der Waals surface area contributed by atoms with Crippen LogP contribution < -0.4 is 20.1 Å². The number of nitrogens with zero attached hydrogens (tertiary/aromatic N) is 2. The molecule has 3 rings (SSSR count). The van der Waals surface area contributed by atoms with Crippen molar-refractivity contribution in [3.63, 3.8) is 0 Å². The molecule has 0 radical (unpaired) electrons. The van der Waals surface area contributed by atoms with E-state index >= 15 is 0 Å². The lowest BCUT2D eigenvalue weighted by atomic mass is 10.1. The highest BCUT2D eigenvalue weighted by atomic mass is 16.5. The lowest BCUT2D eigenvalue weighted by Gasteiger charge is -2.11. The van der Waals surface area contributed by atoms with Gasteiger partial charge in [0.15, 0.2) is 0 Å². The normalized spacial score (nSPS) is 10.2. The van der Waals surface area contributed by atoms with E-state index in [2.05, 4.69) is 27.4 Å². The molecule has 0 saturated heterocycles. The Morgan fingerprint density at radius 1 is 1.17 bits per heavy atom. The molecule has 0 aliphatic rings. The number of pyridine rings is 1. The predicted molar refractivity (Wildman–Crippen MR) is 113 cm³/mol. The van der Waals surface area contributed by atoms with Gasteiger partial charge in [0.05, 0.1) is 19.2 Å². The van der Waals surface area contributed by atoms with Crippen LogP contribution in [0.1, 0.15) is 19.8 Å². The summed E-state index contributed by atoms with van der Waals surface area (Å²) in [6, 6.07) is 12.0. The van der Waals surface area contributed by atoms with Crippen molar-refractivity contribution < 1.29 is 14.3 Å². The van der Waals surface area contributed by atoms with Crippen LogP contribution in [0, 0.1) is 6.57 Å². The van der Waals surface area contributed by atoms with Crippen LogP contribution in [0.25, 0.3) is 15.7 Å². The van der Waals surface area contributed by atoms with E-state index in [1.54, 1.807) is 48.7 Å². The van der Waals surface area contributed by atoms with E-state index in [1.165, 1.54) is 7.11 Å². The van der Waals surface area contributed by atoms with Crippen LogP contribution >= 0.6 is 0 Å². The summed E-state index contributed by atoms with van der Waals surface area (Å²) >= 11 is 0. The molecular weight excluding hydrogens is 368 g/mol. The topological polar surface area (TPSA) is 76.8 Å². The number of amides is 2. The number of hydrogen-bond donors (Lipinski definition) is 2. The Morgan fingerprint density at radius 2 is 1.97 bits per heavy atom. The summed E-state index contributed by atoms with van der Waals surface area (Å²) in [5, 5.41) is 6.31. The van der Waals surface area contributed by atoms with Crippen molar-refractivity contribution in [2.45, 2.75) is 19.8 Å². The molecule has 2 N–H and O–H groups in total. The van der Waals surface area contributed by atoms with Crippen molar-refractivity contribution in [2.24, 2.45) is 0 Å². The summed E-state index contributed by atoms with van der Waals surface area (Å²) in [4.78, 5) is 19.7. The van der Waals surface area contributed by atoms with Crippen LogP contribution in [0.3, 0.4) is 0 Å². The van der Waals surface area contributed by atoms with Crippen molar-refractivity contribution in [2.75, 3.05) is 19.0 Å². The second-order valence-electron chi connectivity index (χ2n) is 6.32. The highest BCUT2D eigenvalue weighted by Gasteiger charge is 2.11. The molecule has 2 amide bonds. The molecule has 2 aromatic carbocycles. The van der Waals surface area contributed by atoms with Crippen LogP contribution in [0.4, 0.5) is 16.2 Å². The molecule has 148 valence electrons. The molecule has 7 heteroatoms. The Labute approximate surface area is 169 Å². The number of anilines is 1. The number of aromatic nitrogens is 1. The maximum Gasteiger partial charge on any atom is 0.319 e. The summed E-state index contributed by atoms with van der Waals surface area (Å²) in [5.41, 5.74) is 1.74. The highest BCUT2D eigenvalue weighted by Crippen LogP contribution is 2.37. The van der Waals surface area contributed by atoms with E-state index < -0.39 is 0 Å². The molecule has 0 unspecified atom stereocenters. The number of nitrogens with one attached hydrogen (secondary N) is 2. The van der Waals surface area contributed by atoms with Crippen LogP contribution in [0.2, 0.25) is 0 Å². The molecule has 0 fully saturated rings. The van der Waals surface area contributed by atoms with Crippen molar-refractivity contribution in [3.8, 4) is 17.2 Å². The Hall–Kier alpha value is -3.79. The zero-order chi connectivity index (χ0) is 20.6. The number of ether oxygens (including phenoxy) is 2. The van der Waals surface area contributed by atoms with E-state index in [4.69, 9.17) is 16.0 Å². The first kappa shape index (κ1) is 20.0. The van der Waals surface area contributed by atoms with E-state index in [9.17, 15) is 4.79 Å². The number of urea groups is 1. The molecule has 0 aliphatic carbocycles. The minimum absolute atomic E-state index is 0.229. The molecule has 3 aromatic rings. The summed E-state index contributed by atoms with van der Waals surface area (Å²) in [6.45, 7) is 10.1. The Balaban J connectivity index is 1.75. The van der Waals surface area contributed by atoms with Crippen LogP contribution in [-0.4, -0.2) is 24.7 Å². The van der Waals surface area contributed by atoms with Crippen LogP contribution in [0.5, 0.6) is 17.2 Å². The number of fused-ring (bicyclic) bond motifs is 1. The first-order valence-corrected chi connectivity index (χ1v) is 9.31. The van der Waals surface area contributed by atoms with Crippen molar-refractivity contribution in [1.82, 2.24) is 10.3 Å². The number of carbonyl (C=O) groups is 1. The largest absolute Gasteiger partial charge is 0.508 e. The Kier molecular flexibility index (Phi) is 6.48. The minimum atomic E-state index is -0.229. The predicted octanol–water partition coefficient (Wildman–Crippen LogP) is 5.51. The molecule has 0 aliphatic heterocycles. The van der Waals surface area contributed by atoms with E-state index in [0.29, 0.717) is 40.7 Å². The average Bonchev–Trinajstić information content (AvgIpc) is 2.74. The summed E-state index contributed by atoms with van der Waals surface area (Å²) < 4.78 is 11.2. The molecule has 29 heavy (non-hydrogen) atoms. The summed E-state index contributed by atoms with van der Waals surface area (Å²) in [5.74, 6) is 1.67. The third-order valence-corrected chi connectivity index (χ3v) is 4.28. The molecular formula is C22H22N4O3. The fourth-order valence-electron chi connectivity index (χ4n) is 2.76. The van der Waals surface area contributed by atoms with Crippen molar-refractivity contribution >= 4 is 28.3 Å². The average molecular weight is 390 g/mol. The second-order valence-corrected chi connectivity index (χ2v) is 6.32. The molecule has 0 spiro atoms. The van der Waals surface area contributed by atoms with Crippen LogP contribution in [-0.2, 0) is 0 Å². The van der Waals surface area contributed by atoms with Gasteiger partial charge in [-0.25, -0.2) is 9.64 Å². The Bertz CT molecular complexity index is 1040. The monoisotopic (exact) mass is 390 g/mol. The van der Waals surface area contributed by atoms with Gasteiger partial charge in [-0.15, -0.1) is 0 Å². The summed E-state index contributed by atoms with van der Waals surface area (Å²) in [6.07, 6.45) is 3.62. The fourth-order valence-corrected chi connectivity index (χ4v) is 2.76. The van der Waals surface area contributed by atoms with E-state index in [1.807, 2.05) is 0 Å². The van der Waals surface area contributed by atoms with Gasteiger partial charge in [0.2, 0.25) is 5.69 Å². The molecule has 0 bridgehead atoms. The SMILES string of the molecule is [C-]#[N+]c1cc2c(Oc3ccc(NC(=O)NCCCC)cc3)ccnc2cc1OC. The number of hydrogen-bond acceptors (Lipinski definition) is 4. The zero-order valence-corrected chi connectivity index (χ0v) is 16.4. The third kappa shape index (κ3) is 4.93. The lowest BCUT2D eigenvalue weighted by molar-refractivity contribution is 0.252. The Morgan fingerprint density at radius 3 is 2.66 bits per heavy atom. The standard InChI is InChI=1S/C22H22N4O3/c1-4-5-11-25-22(27)26-15-6-8-16(9-7-15)29-20-10-12-24-18-14-21(28-3)19(23-2)13-17(18)20/h6-10,12-14H,4-5,11H2,1,3H3,(H2,25,26,27). The lowest BCUT2D eigenvalue weighted by Crippen LogP contribution is -2.29. The van der Waals surface area contributed by atoms with Crippen LogP contribution in [0.15, 0.2) is 48.7 Å². The maximum atomic E-state index is 11.8. The number of carbonyl (C=O) groups excluding carboxylic acids is 1. The smallest absolute Gasteiger partial charge is 0.319 e. The van der Waals surface area contributed by atoms with Gasteiger partial charge < -0.3 is 20.1 Å². The van der Waals surface area contributed by atoms with E-state index in [-0.39, 0.29) is 6.03 Å². The van der Waals surface area contributed by atoms with Gasteiger partial charge in [0.1, 0.15) is 17.2 Å². The first-order chi connectivity index (χ1) is 14.1. The van der Waals surface area contributed by atoms with Gasteiger partial charge in [-0.1, -0.05) is 13.3 Å². The van der Waals surface area contributed by atoms with Gasteiger partial charge in [-0.05, 0) is 48.9 Å². The fraction of sp³-hybridized carbons (Fsp3) is 0.227. The quantitative estimate of drug-likeness (QED) is 0.412. The van der Waals surface area contributed by atoms with Gasteiger partial charge in [0, 0.05) is 23.8 Å². The molecule has 1 heterocycles.